The highest BCUT2D eigenvalue weighted by atomic mass is 15.1. The van der Waals surface area contributed by atoms with E-state index in [4.69, 9.17) is 9.97 Å². The zero-order valence-electron chi connectivity index (χ0n) is 16.4. The molecule has 142 valence electrons. The summed E-state index contributed by atoms with van der Waals surface area (Å²) in [6.07, 6.45) is 6.38. The van der Waals surface area contributed by atoms with E-state index in [9.17, 15) is 0 Å². The highest BCUT2D eigenvalue weighted by Gasteiger charge is 2.16. The second kappa shape index (κ2) is 6.89. The highest BCUT2D eigenvalue weighted by molar-refractivity contribution is 5.98. The Labute approximate surface area is 164 Å². The molecule has 5 rings (SSSR count). The number of nitrogens with zero attached hydrogens (tertiary/aromatic N) is 3. The molecule has 0 radical (unpaired) electrons. The molecule has 2 aromatic carbocycles. The lowest BCUT2D eigenvalue weighted by Gasteiger charge is -2.23. The number of benzene rings is 2. The molecular formula is C23H25N5. The fourth-order valence-corrected chi connectivity index (χ4v) is 4.41. The van der Waals surface area contributed by atoms with Crippen LogP contribution in [0.25, 0.3) is 32.9 Å². The van der Waals surface area contributed by atoms with Crippen LogP contribution in [0.3, 0.4) is 0 Å². The molecule has 1 saturated carbocycles. The van der Waals surface area contributed by atoms with Gasteiger partial charge >= 0.3 is 0 Å². The normalized spacial score (nSPS) is 15.4. The number of anilines is 1. The van der Waals surface area contributed by atoms with Gasteiger partial charge in [0.05, 0.1) is 16.7 Å². The number of aromatic amines is 1. The predicted molar refractivity (Wildman–Crippen MR) is 115 cm³/mol. The maximum atomic E-state index is 4.79. The van der Waals surface area contributed by atoms with Crippen molar-refractivity contribution in [2.24, 2.45) is 0 Å². The van der Waals surface area contributed by atoms with Gasteiger partial charge in [-0.25, -0.2) is 9.97 Å². The Morgan fingerprint density at radius 3 is 2.68 bits per heavy atom. The third-order valence-electron chi connectivity index (χ3n) is 5.90. The largest absolute Gasteiger partial charge is 0.351 e. The van der Waals surface area contributed by atoms with Crippen LogP contribution < -0.4 is 5.32 Å². The summed E-state index contributed by atoms with van der Waals surface area (Å²) >= 11 is 0. The molecule has 0 amide bonds. The third-order valence-corrected chi connectivity index (χ3v) is 5.90. The molecule has 1 fully saturated rings. The minimum Gasteiger partial charge on any atom is -0.351 e. The Morgan fingerprint density at radius 2 is 1.82 bits per heavy atom. The first-order valence-corrected chi connectivity index (χ1v) is 10.2. The summed E-state index contributed by atoms with van der Waals surface area (Å²) in [7, 11) is 0. The van der Waals surface area contributed by atoms with Gasteiger partial charge in [0.15, 0.2) is 0 Å². The lowest BCUT2D eigenvalue weighted by molar-refractivity contribution is 0.461. The molecule has 2 N–H and O–H groups in total. The third kappa shape index (κ3) is 3.01. The van der Waals surface area contributed by atoms with Crippen molar-refractivity contribution in [3.63, 3.8) is 0 Å². The molecule has 5 nitrogen and oxygen atoms in total. The van der Waals surface area contributed by atoms with Gasteiger partial charge in [0.2, 0.25) is 5.95 Å². The molecule has 1 aliphatic carbocycles. The number of aryl methyl sites for hydroxylation is 2. The Bertz CT molecular complexity index is 1150. The van der Waals surface area contributed by atoms with Crippen molar-refractivity contribution in [3.05, 3.63) is 47.8 Å². The Kier molecular flexibility index (Phi) is 4.23. The summed E-state index contributed by atoms with van der Waals surface area (Å²) in [5.74, 6) is 0.762. The Hall–Kier alpha value is -2.95. The minimum atomic E-state index is 0.506. The second-order valence-electron chi connectivity index (χ2n) is 7.89. The van der Waals surface area contributed by atoms with Gasteiger partial charge in [-0.2, -0.15) is 5.10 Å². The number of rotatable bonds is 3. The average Bonchev–Trinajstić information content (AvgIpc) is 3.10. The van der Waals surface area contributed by atoms with Crippen molar-refractivity contribution >= 4 is 27.8 Å². The molecule has 0 spiro atoms. The van der Waals surface area contributed by atoms with Crippen LogP contribution in [0.1, 0.15) is 43.5 Å². The zero-order valence-corrected chi connectivity index (χ0v) is 16.4. The topological polar surface area (TPSA) is 66.5 Å². The fraction of sp³-hybridized carbons (Fsp3) is 0.348. The molecule has 2 aromatic heterocycles. The number of nitrogens with one attached hydrogen (secondary N) is 2. The molecule has 0 atom stereocenters. The van der Waals surface area contributed by atoms with Crippen LogP contribution in [0, 0.1) is 13.8 Å². The van der Waals surface area contributed by atoms with Gasteiger partial charge < -0.3 is 5.32 Å². The first-order valence-electron chi connectivity index (χ1n) is 10.2. The van der Waals surface area contributed by atoms with Gasteiger partial charge in [0.25, 0.3) is 0 Å². The van der Waals surface area contributed by atoms with E-state index in [0.29, 0.717) is 6.04 Å². The van der Waals surface area contributed by atoms with Crippen molar-refractivity contribution in [1.29, 1.82) is 0 Å². The molecule has 28 heavy (non-hydrogen) atoms. The quantitative estimate of drug-likeness (QED) is 0.496. The smallest absolute Gasteiger partial charge is 0.223 e. The predicted octanol–water partition coefficient (Wildman–Crippen LogP) is 5.53. The summed E-state index contributed by atoms with van der Waals surface area (Å²) in [5.41, 5.74) is 6.45. The van der Waals surface area contributed by atoms with Gasteiger partial charge in [-0.3, -0.25) is 5.10 Å². The molecular weight excluding hydrogens is 346 g/mol. The molecule has 2 heterocycles. The number of hydrogen-bond donors (Lipinski definition) is 2. The van der Waals surface area contributed by atoms with Crippen molar-refractivity contribution < 1.29 is 0 Å². The van der Waals surface area contributed by atoms with Crippen molar-refractivity contribution in [3.8, 4) is 11.1 Å². The van der Waals surface area contributed by atoms with Gasteiger partial charge in [0.1, 0.15) is 0 Å². The van der Waals surface area contributed by atoms with Gasteiger partial charge in [-0.05, 0) is 56.0 Å². The van der Waals surface area contributed by atoms with Crippen LogP contribution >= 0.6 is 0 Å². The lowest BCUT2D eigenvalue weighted by atomic mass is 9.96. The summed E-state index contributed by atoms with van der Waals surface area (Å²) in [4.78, 5) is 9.55. The number of H-pyrrole nitrogens is 1. The first kappa shape index (κ1) is 17.2. The Morgan fingerprint density at radius 1 is 0.964 bits per heavy atom. The first-order chi connectivity index (χ1) is 13.7. The van der Waals surface area contributed by atoms with Crippen LogP contribution in [0.4, 0.5) is 5.95 Å². The summed E-state index contributed by atoms with van der Waals surface area (Å²) in [5, 5.41) is 13.3. The highest BCUT2D eigenvalue weighted by Crippen LogP contribution is 2.32. The molecule has 0 aliphatic heterocycles. The van der Waals surface area contributed by atoms with E-state index < -0.39 is 0 Å². The molecule has 0 bridgehead atoms. The van der Waals surface area contributed by atoms with E-state index in [2.05, 4.69) is 59.7 Å². The number of fused-ring (bicyclic) bond motifs is 2. The lowest BCUT2D eigenvalue weighted by Crippen LogP contribution is -2.23. The average molecular weight is 371 g/mol. The van der Waals surface area contributed by atoms with E-state index in [1.165, 1.54) is 48.6 Å². The van der Waals surface area contributed by atoms with Crippen molar-refractivity contribution in [2.45, 2.75) is 52.0 Å². The molecule has 4 aromatic rings. The molecule has 5 heteroatoms. The van der Waals surface area contributed by atoms with E-state index in [1.54, 1.807) is 0 Å². The van der Waals surface area contributed by atoms with Gasteiger partial charge in [-0.15, -0.1) is 0 Å². The van der Waals surface area contributed by atoms with Gasteiger partial charge in [-0.1, -0.05) is 37.5 Å². The SMILES string of the molecule is Cc1nc(NC2CCCCC2)nc2ccc(-c3cccc4n[nH]c(C)c34)cc12. The second-order valence-corrected chi connectivity index (χ2v) is 7.89. The van der Waals surface area contributed by atoms with Crippen LogP contribution in [0.5, 0.6) is 0 Å². The maximum absolute atomic E-state index is 4.79. The maximum Gasteiger partial charge on any atom is 0.223 e. The van der Waals surface area contributed by atoms with Crippen molar-refractivity contribution in [2.75, 3.05) is 5.32 Å². The monoisotopic (exact) mass is 371 g/mol. The zero-order chi connectivity index (χ0) is 19.1. The number of hydrogen-bond acceptors (Lipinski definition) is 4. The van der Waals surface area contributed by atoms with E-state index in [1.807, 2.05) is 6.07 Å². The van der Waals surface area contributed by atoms with Crippen LogP contribution in [0.15, 0.2) is 36.4 Å². The summed E-state index contributed by atoms with van der Waals surface area (Å²) < 4.78 is 0. The van der Waals surface area contributed by atoms with Gasteiger partial charge in [0, 0.05) is 22.5 Å². The van der Waals surface area contributed by atoms with E-state index >= 15 is 0 Å². The number of aromatic nitrogens is 4. The van der Waals surface area contributed by atoms with Crippen LogP contribution in [-0.2, 0) is 0 Å². The molecule has 0 saturated heterocycles. The Balaban J connectivity index is 1.55. The molecule has 1 aliphatic rings. The van der Waals surface area contributed by atoms with Crippen LogP contribution in [-0.4, -0.2) is 26.2 Å². The molecule has 0 unspecified atom stereocenters. The summed E-state index contributed by atoms with van der Waals surface area (Å²) in [6.45, 7) is 4.14. The summed E-state index contributed by atoms with van der Waals surface area (Å²) in [6, 6.07) is 13.2. The fourth-order valence-electron chi connectivity index (χ4n) is 4.41. The van der Waals surface area contributed by atoms with E-state index in [-0.39, 0.29) is 0 Å². The van der Waals surface area contributed by atoms with Crippen LogP contribution in [0.2, 0.25) is 0 Å². The minimum absolute atomic E-state index is 0.506. The van der Waals surface area contributed by atoms with E-state index in [0.717, 1.165) is 33.8 Å². The van der Waals surface area contributed by atoms with Crippen molar-refractivity contribution in [1.82, 2.24) is 20.2 Å². The standard InChI is InChI=1S/C23H25N5/c1-14-19-13-16(18-9-6-10-21-22(18)15(2)27-28-21)11-12-20(19)26-23(24-14)25-17-7-4-3-5-8-17/h6,9-13,17H,3-5,7-8H2,1-2H3,(H,27,28)(H,24,25,26).